The summed E-state index contributed by atoms with van der Waals surface area (Å²) in [5.74, 6) is 0.770. The van der Waals surface area contributed by atoms with Gasteiger partial charge in [0, 0.05) is 46.9 Å². The summed E-state index contributed by atoms with van der Waals surface area (Å²) in [6.45, 7) is 1.68. The molecular formula is C19H18N2O3S. The largest absolute Gasteiger partial charge is 0.606 e. The van der Waals surface area contributed by atoms with Gasteiger partial charge in [0.2, 0.25) is 0 Å². The van der Waals surface area contributed by atoms with Crippen molar-refractivity contribution >= 4 is 28.1 Å². The minimum Gasteiger partial charge on any atom is -0.606 e. The van der Waals surface area contributed by atoms with Crippen LogP contribution in [-0.2, 0) is 24.1 Å². The standard InChI is InChI=1S/C19H18N2O3S/c1-20-19(22)12-3-2-4-13(9-12)25(23)14-5-6-15-16-7-8-21-11-18(16)24-17(15)10-14/h2-6,9-10,21H,7-8,11H2,1H3,(H,20,22). The van der Waals surface area contributed by atoms with Gasteiger partial charge in [0.25, 0.3) is 5.91 Å². The van der Waals surface area contributed by atoms with E-state index in [4.69, 9.17) is 4.42 Å². The Morgan fingerprint density at radius 1 is 1.24 bits per heavy atom. The molecule has 5 nitrogen and oxygen atoms in total. The first-order valence-electron chi connectivity index (χ1n) is 8.16. The predicted molar refractivity (Wildman–Crippen MR) is 96.1 cm³/mol. The molecule has 1 aliphatic rings. The highest BCUT2D eigenvalue weighted by atomic mass is 32.2. The first kappa shape index (κ1) is 16.2. The summed E-state index contributed by atoms with van der Waals surface area (Å²) < 4.78 is 18.9. The van der Waals surface area contributed by atoms with Crippen LogP contribution in [0.1, 0.15) is 21.7 Å². The number of carbonyl (C=O) groups excluding carboxylic acids is 1. The normalized spacial score (nSPS) is 15.0. The van der Waals surface area contributed by atoms with Crippen LogP contribution in [0.3, 0.4) is 0 Å². The molecule has 2 aromatic carbocycles. The molecule has 128 valence electrons. The van der Waals surface area contributed by atoms with E-state index in [-0.39, 0.29) is 5.91 Å². The van der Waals surface area contributed by atoms with E-state index in [2.05, 4.69) is 10.6 Å². The molecule has 0 radical (unpaired) electrons. The van der Waals surface area contributed by atoms with Crippen molar-refractivity contribution < 1.29 is 13.8 Å². The molecule has 1 amide bonds. The molecule has 4 rings (SSSR count). The molecule has 1 unspecified atom stereocenters. The third-order valence-corrected chi connectivity index (χ3v) is 5.80. The number of carbonyl (C=O) groups is 1. The molecule has 1 atom stereocenters. The second-order valence-corrected chi connectivity index (χ2v) is 7.44. The lowest BCUT2D eigenvalue weighted by molar-refractivity contribution is 0.0963. The third-order valence-electron chi connectivity index (χ3n) is 4.44. The monoisotopic (exact) mass is 354 g/mol. The number of benzene rings is 2. The average Bonchev–Trinajstić information content (AvgIpc) is 3.04. The molecule has 1 aliphatic heterocycles. The Hall–Kier alpha value is -2.28. The summed E-state index contributed by atoms with van der Waals surface area (Å²) in [7, 11) is 1.58. The summed E-state index contributed by atoms with van der Waals surface area (Å²) in [6.07, 6.45) is 0.943. The lowest BCUT2D eigenvalue weighted by atomic mass is 10.1. The number of furan rings is 1. The van der Waals surface area contributed by atoms with Gasteiger partial charge in [-0.2, -0.15) is 0 Å². The van der Waals surface area contributed by atoms with E-state index in [0.717, 1.165) is 36.2 Å². The van der Waals surface area contributed by atoms with Crippen molar-refractivity contribution in [1.29, 1.82) is 0 Å². The predicted octanol–water partition coefficient (Wildman–Crippen LogP) is 2.60. The zero-order chi connectivity index (χ0) is 17.4. The van der Waals surface area contributed by atoms with Gasteiger partial charge in [-0.05, 0) is 37.2 Å². The van der Waals surface area contributed by atoms with Gasteiger partial charge >= 0.3 is 0 Å². The van der Waals surface area contributed by atoms with E-state index in [1.54, 1.807) is 31.3 Å². The van der Waals surface area contributed by atoms with Crippen molar-refractivity contribution in [3.63, 3.8) is 0 Å². The number of hydrogen-bond acceptors (Lipinski definition) is 4. The van der Waals surface area contributed by atoms with Crippen molar-refractivity contribution in [2.24, 2.45) is 0 Å². The Morgan fingerprint density at radius 2 is 2.08 bits per heavy atom. The Morgan fingerprint density at radius 3 is 2.92 bits per heavy atom. The molecule has 2 heterocycles. The van der Waals surface area contributed by atoms with Gasteiger partial charge in [-0.3, -0.25) is 4.79 Å². The molecule has 0 spiro atoms. The van der Waals surface area contributed by atoms with Crippen LogP contribution in [-0.4, -0.2) is 24.1 Å². The molecule has 2 N–H and O–H groups in total. The maximum atomic E-state index is 12.9. The molecule has 0 bridgehead atoms. The van der Waals surface area contributed by atoms with Crippen LogP contribution < -0.4 is 10.6 Å². The zero-order valence-corrected chi connectivity index (χ0v) is 14.6. The van der Waals surface area contributed by atoms with Crippen LogP contribution in [0.5, 0.6) is 0 Å². The van der Waals surface area contributed by atoms with E-state index < -0.39 is 11.2 Å². The molecule has 0 saturated heterocycles. The maximum Gasteiger partial charge on any atom is 0.251 e. The SMILES string of the molecule is CNC(=O)c1cccc([S+]([O-])c2ccc3c4c(oc3c2)CNCC4)c1. The summed E-state index contributed by atoms with van der Waals surface area (Å²) in [5.41, 5.74) is 2.50. The van der Waals surface area contributed by atoms with E-state index >= 15 is 0 Å². The molecule has 25 heavy (non-hydrogen) atoms. The van der Waals surface area contributed by atoms with Crippen molar-refractivity contribution in [3.8, 4) is 0 Å². The number of hydrogen-bond donors (Lipinski definition) is 2. The van der Waals surface area contributed by atoms with Crippen molar-refractivity contribution in [2.75, 3.05) is 13.6 Å². The molecule has 1 aromatic heterocycles. The van der Waals surface area contributed by atoms with Crippen LogP contribution in [0.15, 0.2) is 56.7 Å². The van der Waals surface area contributed by atoms with Crippen molar-refractivity contribution in [2.45, 2.75) is 22.8 Å². The van der Waals surface area contributed by atoms with Gasteiger partial charge in [-0.1, -0.05) is 6.07 Å². The summed E-state index contributed by atoms with van der Waals surface area (Å²) in [4.78, 5) is 13.0. The highest BCUT2D eigenvalue weighted by Gasteiger charge is 2.21. The molecule has 3 aromatic rings. The van der Waals surface area contributed by atoms with Gasteiger partial charge in [-0.15, -0.1) is 0 Å². The smallest absolute Gasteiger partial charge is 0.251 e. The number of amides is 1. The number of rotatable bonds is 3. The van der Waals surface area contributed by atoms with Crippen LogP contribution in [0, 0.1) is 0 Å². The van der Waals surface area contributed by atoms with Gasteiger partial charge < -0.3 is 19.6 Å². The topological polar surface area (TPSA) is 77.3 Å². The number of nitrogens with one attached hydrogen (secondary N) is 2. The van der Waals surface area contributed by atoms with Crippen LogP contribution in [0.25, 0.3) is 11.0 Å². The molecule has 0 fully saturated rings. The van der Waals surface area contributed by atoms with E-state index in [0.29, 0.717) is 15.4 Å². The van der Waals surface area contributed by atoms with E-state index in [9.17, 15) is 9.35 Å². The van der Waals surface area contributed by atoms with Crippen LogP contribution >= 0.6 is 0 Å². The fourth-order valence-corrected chi connectivity index (χ4v) is 4.28. The molecule has 6 heteroatoms. The molecule has 0 aliphatic carbocycles. The van der Waals surface area contributed by atoms with Crippen LogP contribution in [0.4, 0.5) is 0 Å². The van der Waals surface area contributed by atoms with Gasteiger partial charge in [-0.25, -0.2) is 0 Å². The second-order valence-electron chi connectivity index (χ2n) is 5.96. The highest BCUT2D eigenvalue weighted by Crippen LogP contribution is 2.31. The summed E-state index contributed by atoms with van der Waals surface area (Å²) in [5, 5.41) is 6.97. The lowest BCUT2D eigenvalue weighted by Gasteiger charge is -2.11. The zero-order valence-electron chi connectivity index (χ0n) is 13.8. The summed E-state index contributed by atoms with van der Waals surface area (Å²) in [6, 6.07) is 12.6. The average molecular weight is 354 g/mol. The highest BCUT2D eigenvalue weighted by molar-refractivity contribution is 7.91. The Labute approximate surface area is 148 Å². The van der Waals surface area contributed by atoms with E-state index in [1.807, 2.05) is 18.2 Å². The minimum atomic E-state index is -1.37. The Balaban J connectivity index is 1.70. The second kappa shape index (κ2) is 6.55. The van der Waals surface area contributed by atoms with Gasteiger partial charge in [0.1, 0.15) is 11.3 Å². The quantitative estimate of drug-likeness (QED) is 0.709. The fourth-order valence-electron chi connectivity index (χ4n) is 3.16. The van der Waals surface area contributed by atoms with E-state index in [1.165, 1.54) is 5.56 Å². The lowest BCUT2D eigenvalue weighted by Crippen LogP contribution is -2.22. The minimum absolute atomic E-state index is 0.194. The van der Waals surface area contributed by atoms with Crippen molar-refractivity contribution in [3.05, 3.63) is 59.4 Å². The molecule has 0 saturated carbocycles. The third kappa shape index (κ3) is 2.93. The van der Waals surface area contributed by atoms with Gasteiger partial charge in [0.15, 0.2) is 9.79 Å². The fraction of sp³-hybridized carbons (Fsp3) is 0.211. The first-order chi connectivity index (χ1) is 12.2. The van der Waals surface area contributed by atoms with Crippen molar-refractivity contribution in [1.82, 2.24) is 10.6 Å². The Kier molecular flexibility index (Phi) is 4.25. The first-order valence-corrected chi connectivity index (χ1v) is 9.31. The maximum absolute atomic E-state index is 12.9. The Bertz CT molecular complexity index is 951. The van der Waals surface area contributed by atoms with Crippen LogP contribution in [0.2, 0.25) is 0 Å². The summed E-state index contributed by atoms with van der Waals surface area (Å²) >= 11 is -1.37. The number of fused-ring (bicyclic) bond motifs is 3. The molecular weight excluding hydrogens is 336 g/mol. The van der Waals surface area contributed by atoms with Gasteiger partial charge in [0.05, 0.1) is 6.54 Å².